The van der Waals surface area contributed by atoms with Crippen LogP contribution in [0.1, 0.15) is 20.7 Å². The zero-order valence-electron chi connectivity index (χ0n) is 16.4. The molecule has 0 aliphatic carbocycles. The van der Waals surface area contributed by atoms with Crippen molar-refractivity contribution in [1.82, 2.24) is 15.0 Å². The Labute approximate surface area is 182 Å². The maximum atomic E-state index is 10.3. The smallest absolute Gasteiger partial charge is 0.339 e. The van der Waals surface area contributed by atoms with Gasteiger partial charge in [0, 0.05) is 14.1 Å². The number of phenols is 2. The molecule has 0 unspecified atom stereocenters. The Morgan fingerprint density at radius 3 is 1.35 bits per heavy atom. The van der Waals surface area contributed by atoms with Crippen molar-refractivity contribution in [2.45, 2.75) is 0 Å². The highest BCUT2D eigenvalue weighted by Gasteiger charge is 2.06. The standard InChI is InChI=1S/2C7H6O3.C5H8ClN5/c2*8-6-4-2-1-3-5(6)7(9)10;1-7-4-9-3(6)10-5(8-2)11-4/h2*1-4,8H,(H,9,10);1-2H3,(H2,7,8,9,10,11). The van der Waals surface area contributed by atoms with Gasteiger partial charge >= 0.3 is 11.9 Å². The molecule has 1 aromatic heterocycles. The Kier molecular flexibility index (Phi) is 10.0. The van der Waals surface area contributed by atoms with Crippen molar-refractivity contribution < 1.29 is 30.0 Å². The number of carbonyl (C=O) groups is 2. The molecule has 0 amide bonds. The number of halogens is 1. The number of carboxylic acid groups (broad SMARTS) is 2. The van der Waals surface area contributed by atoms with Crippen molar-refractivity contribution in [1.29, 1.82) is 0 Å². The lowest BCUT2D eigenvalue weighted by Crippen LogP contribution is -2.03. The van der Waals surface area contributed by atoms with Crippen LogP contribution in [0.5, 0.6) is 11.5 Å². The molecule has 0 spiro atoms. The number of anilines is 2. The van der Waals surface area contributed by atoms with Crippen LogP contribution < -0.4 is 10.6 Å². The van der Waals surface area contributed by atoms with E-state index < -0.39 is 11.9 Å². The number of aromatic hydroxyl groups is 2. The SMILES string of the molecule is CNc1nc(Cl)nc(NC)n1.O=C(O)c1ccccc1O.O=C(O)c1ccccc1O. The molecule has 0 saturated carbocycles. The van der Waals surface area contributed by atoms with E-state index in [9.17, 15) is 9.59 Å². The maximum absolute atomic E-state index is 10.3. The van der Waals surface area contributed by atoms with Crippen molar-refractivity contribution in [2.24, 2.45) is 0 Å². The van der Waals surface area contributed by atoms with Gasteiger partial charge in [0.25, 0.3) is 0 Å². The minimum absolute atomic E-state index is 0.0671. The topological polar surface area (TPSA) is 178 Å². The first-order valence-electron chi connectivity index (χ1n) is 8.49. The van der Waals surface area contributed by atoms with Crippen LogP contribution in [0.3, 0.4) is 0 Å². The molecule has 0 bridgehead atoms. The van der Waals surface area contributed by atoms with E-state index >= 15 is 0 Å². The second kappa shape index (κ2) is 12.4. The molecule has 3 rings (SSSR count). The quantitative estimate of drug-likeness (QED) is 0.345. The van der Waals surface area contributed by atoms with E-state index in [0.717, 1.165) is 0 Å². The molecule has 0 aliphatic heterocycles. The minimum atomic E-state index is -1.11. The Morgan fingerprint density at radius 2 is 1.10 bits per heavy atom. The van der Waals surface area contributed by atoms with Crippen molar-refractivity contribution >= 4 is 35.4 Å². The van der Waals surface area contributed by atoms with E-state index in [4.69, 9.17) is 32.0 Å². The number of nitrogens with one attached hydrogen (secondary N) is 2. The fourth-order valence-corrected chi connectivity index (χ4v) is 2.04. The van der Waals surface area contributed by atoms with Crippen LogP contribution in [0.4, 0.5) is 11.9 Å². The molecule has 0 saturated heterocycles. The molecule has 0 radical (unpaired) electrons. The summed E-state index contributed by atoms with van der Waals surface area (Å²) in [5.74, 6) is -1.72. The Morgan fingerprint density at radius 1 is 0.742 bits per heavy atom. The molecule has 0 atom stereocenters. The molecular weight excluding hydrogens is 430 g/mol. The van der Waals surface area contributed by atoms with E-state index in [2.05, 4.69) is 25.6 Å². The van der Waals surface area contributed by atoms with Gasteiger partial charge in [-0.1, -0.05) is 24.3 Å². The molecule has 0 fully saturated rings. The highest BCUT2D eigenvalue weighted by atomic mass is 35.5. The van der Waals surface area contributed by atoms with Crippen molar-refractivity contribution in [2.75, 3.05) is 24.7 Å². The normalized spacial score (nSPS) is 9.26. The Hall–Kier alpha value is -4.12. The summed E-state index contributed by atoms with van der Waals surface area (Å²) in [5, 5.41) is 40.3. The maximum Gasteiger partial charge on any atom is 0.339 e. The van der Waals surface area contributed by atoms with Gasteiger partial charge in [-0.25, -0.2) is 9.59 Å². The largest absolute Gasteiger partial charge is 0.507 e. The van der Waals surface area contributed by atoms with E-state index in [-0.39, 0.29) is 27.9 Å². The second-order valence-electron chi connectivity index (χ2n) is 5.40. The fraction of sp³-hybridized carbons (Fsp3) is 0.105. The summed E-state index contributed by atoms with van der Waals surface area (Å²) < 4.78 is 0. The molecule has 31 heavy (non-hydrogen) atoms. The van der Waals surface area contributed by atoms with Gasteiger partial charge in [-0.2, -0.15) is 15.0 Å². The Bertz CT molecular complexity index is 956. The third-order valence-electron chi connectivity index (χ3n) is 3.32. The lowest BCUT2D eigenvalue weighted by atomic mass is 10.2. The summed E-state index contributed by atoms with van der Waals surface area (Å²) >= 11 is 5.57. The molecule has 1 heterocycles. The van der Waals surface area contributed by atoms with Gasteiger partial charge in [0.2, 0.25) is 17.2 Å². The van der Waals surface area contributed by atoms with Gasteiger partial charge in [-0.15, -0.1) is 0 Å². The zero-order chi connectivity index (χ0) is 23.4. The number of benzene rings is 2. The van der Waals surface area contributed by atoms with Crippen LogP contribution in [-0.2, 0) is 0 Å². The van der Waals surface area contributed by atoms with Gasteiger partial charge in [-0.3, -0.25) is 0 Å². The van der Waals surface area contributed by atoms with E-state index in [1.54, 1.807) is 38.4 Å². The van der Waals surface area contributed by atoms with Crippen LogP contribution >= 0.6 is 11.6 Å². The van der Waals surface area contributed by atoms with E-state index in [1.807, 2.05) is 0 Å². The summed E-state index contributed by atoms with van der Waals surface area (Å²) in [6.07, 6.45) is 0. The van der Waals surface area contributed by atoms with Gasteiger partial charge in [0.15, 0.2) is 0 Å². The van der Waals surface area contributed by atoms with Crippen LogP contribution in [-0.4, -0.2) is 61.4 Å². The highest BCUT2D eigenvalue weighted by molar-refractivity contribution is 6.28. The predicted molar refractivity (Wildman–Crippen MR) is 114 cm³/mol. The monoisotopic (exact) mass is 449 g/mol. The number of aromatic nitrogens is 3. The summed E-state index contributed by atoms with van der Waals surface area (Å²) in [4.78, 5) is 32.0. The molecule has 12 heteroatoms. The number of nitrogens with zero attached hydrogens (tertiary/aromatic N) is 3. The van der Waals surface area contributed by atoms with Crippen LogP contribution in [0.15, 0.2) is 48.5 Å². The average Bonchev–Trinajstić information content (AvgIpc) is 2.74. The number of carboxylic acids is 2. The summed E-state index contributed by atoms with van der Waals surface area (Å²) in [6, 6.07) is 11.6. The molecule has 2 aromatic carbocycles. The number of hydrogen-bond acceptors (Lipinski definition) is 9. The van der Waals surface area contributed by atoms with Gasteiger partial charge in [0.1, 0.15) is 22.6 Å². The van der Waals surface area contributed by atoms with Gasteiger partial charge < -0.3 is 31.1 Å². The molecule has 164 valence electrons. The number of hydrogen-bond donors (Lipinski definition) is 6. The van der Waals surface area contributed by atoms with Crippen molar-refractivity contribution in [3.8, 4) is 11.5 Å². The van der Waals surface area contributed by atoms with Crippen LogP contribution in [0.25, 0.3) is 0 Å². The van der Waals surface area contributed by atoms with E-state index in [0.29, 0.717) is 11.9 Å². The average molecular weight is 450 g/mol. The summed E-state index contributed by atoms with van der Waals surface area (Å²) in [6.45, 7) is 0. The van der Waals surface area contributed by atoms with Crippen LogP contribution in [0.2, 0.25) is 5.28 Å². The van der Waals surface area contributed by atoms with Crippen LogP contribution in [0, 0.1) is 0 Å². The molecular formula is C19H20ClN5O6. The first kappa shape index (κ1) is 24.9. The third kappa shape index (κ3) is 8.41. The molecule has 0 aliphatic rings. The van der Waals surface area contributed by atoms with Crippen molar-refractivity contribution in [3.63, 3.8) is 0 Å². The third-order valence-corrected chi connectivity index (χ3v) is 3.49. The van der Waals surface area contributed by atoms with Crippen molar-refractivity contribution in [3.05, 3.63) is 64.9 Å². The second-order valence-corrected chi connectivity index (χ2v) is 5.73. The Balaban J connectivity index is 0.000000233. The zero-order valence-corrected chi connectivity index (χ0v) is 17.2. The first-order valence-corrected chi connectivity index (χ1v) is 8.87. The highest BCUT2D eigenvalue weighted by Crippen LogP contribution is 2.15. The lowest BCUT2D eigenvalue weighted by Gasteiger charge is -2.00. The number of para-hydroxylation sites is 2. The molecule has 11 nitrogen and oxygen atoms in total. The lowest BCUT2D eigenvalue weighted by molar-refractivity contribution is 0.0682. The predicted octanol–water partition coefficient (Wildman–Crippen LogP) is 2.79. The number of aromatic carboxylic acids is 2. The summed E-state index contributed by atoms with van der Waals surface area (Å²) in [7, 11) is 3.43. The first-order chi connectivity index (χ1) is 14.7. The van der Waals surface area contributed by atoms with Gasteiger partial charge in [-0.05, 0) is 35.9 Å². The molecule has 3 aromatic rings. The number of rotatable bonds is 4. The minimum Gasteiger partial charge on any atom is -0.507 e. The molecule has 6 N–H and O–H groups in total. The summed E-state index contributed by atoms with van der Waals surface area (Å²) in [5.41, 5.74) is -0.134. The van der Waals surface area contributed by atoms with E-state index in [1.165, 1.54) is 24.3 Å². The van der Waals surface area contributed by atoms with Gasteiger partial charge in [0.05, 0.1) is 0 Å². The fourth-order valence-electron chi connectivity index (χ4n) is 1.88.